The number of rotatable bonds is 6. The molecule has 1 aromatic rings. The summed E-state index contributed by atoms with van der Waals surface area (Å²) >= 11 is 3.36. The van der Waals surface area contributed by atoms with Crippen molar-refractivity contribution in [2.24, 2.45) is 5.92 Å². The molecule has 0 bridgehead atoms. The molecule has 2 unspecified atom stereocenters. The summed E-state index contributed by atoms with van der Waals surface area (Å²) in [6, 6.07) is 0.745. The van der Waals surface area contributed by atoms with Crippen LogP contribution in [0.25, 0.3) is 0 Å². The number of nitrogens with zero attached hydrogens (tertiary/aromatic N) is 2. The lowest BCUT2D eigenvalue weighted by atomic mass is 9.87. The minimum Gasteiger partial charge on any atom is -0.313 e. The third-order valence-corrected chi connectivity index (χ3v) is 5.34. The Morgan fingerprint density at radius 1 is 1.44 bits per heavy atom. The molecule has 0 spiro atoms. The summed E-state index contributed by atoms with van der Waals surface area (Å²) in [5.74, 6) is 2.99. The molecule has 1 saturated carbocycles. The molecule has 1 aromatic heterocycles. The molecule has 1 heterocycles. The van der Waals surface area contributed by atoms with E-state index in [2.05, 4.69) is 28.5 Å². The van der Waals surface area contributed by atoms with Crippen LogP contribution in [-0.4, -0.2) is 27.7 Å². The minimum absolute atomic E-state index is 0.745. The highest BCUT2D eigenvalue weighted by molar-refractivity contribution is 8.00. The van der Waals surface area contributed by atoms with Gasteiger partial charge in [0.1, 0.15) is 5.82 Å². The number of hydrogen-bond donors (Lipinski definition) is 1. The van der Waals surface area contributed by atoms with Crippen LogP contribution in [0.3, 0.4) is 0 Å². The van der Waals surface area contributed by atoms with E-state index in [1.165, 1.54) is 37.2 Å². The average Bonchev–Trinajstić information content (AvgIpc) is 2.83. The molecule has 1 aliphatic rings. The van der Waals surface area contributed by atoms with E-state index in [4.69, 9.17) is 0 Å². The molecule has 5 heteroatoms. The minimum atomic E-state index is 0.745. The van der Waals surface area contributed by atoms with Crippen molar-refractivity contribution in [1.29, 1.82) is 0 Å². The van der Waals surface area contributed by atoms with Gasteiger partial charge in [0.05, 0.1) is 0 Å². The third-order valence-electron chi connectivity index (χ3n) is 3.46. The second-order valence-corrected chi connectivity index (χ2v) is 7.20. The maximum Gasteiger partial charge on any atom is 0.170 e. The van der Waals surface area contributed by atoms with E-state index < -0.39 is 0 Å². The van der Waals surface area contributed by atoms with E-state index in [9.17, 15) is 0 Å². The van der Waals surface area contributed by atoms with Crippen molar-refractivity contribution in [3.05, 3.63) is 5.82 Å². The van der Waals surface area contributed by atoms with Gasteiger partial charge in [-0.25, -0.2) is 4.98 Å². The predicted octanol–water partition coefficient (Wildman–Crippen LogP) is 3.36. The van der Waals surface area contributed by atoms with E-state index in [1.54, 1.807) is 0 Å². The van der Waals surface area contributed by atoms with E-state index in [0.717, 1.165) is 40.8 Å². The highest BCUT2D eigenvalue weighted by atomic mass is 32.2. The summed E-state index contributed by atoms with van der Waals surface area (Å²) in [5, 5.41) is 3.68. The standard InChI is InChI=1S/C13H23N3S2/c1-3-12-15-13(18-16-12)17-8-7-14-11-6-4-5-10(2)9-11/h10-11,14H,3-9H2,1-2H3. The summed E-state index contributed by atoms with van der Waals surface area (Å²) < 4.78 is 5.42. The fraction of sp³-hybridized carbons (Fsp3) is 0.846. The Kier molecular flexibility index (Phi) is 5.92. The van der Waals surface area contributed by atoms with Crippen LogP contribution in [0.15, 0.2) is 4.34 Å². The number of aromatic nitrogens is 2. The van der Waals surface area contributed by atoms with Gasteiger partial charge in [0, 0.05) is 24.8 Å². The number of nitrogens with one attached hydrogen (secondary N) is 1. The molecule has 0 saturated heterocycles. The first kappa shape index (κ1) is 14.3. The highest BCUT2D eigenvalue weighted by Crippen LogP contribution is 2.24. The molecule has 1 aliphatic carbocycles. The van der Waals surface area contributed by atoms with E-state index in [1.807, 2.05) is 11.8 Å². The van der Waals surface area contributed by atoms with Crippen molar-refractivity contribution >= 4 is 23.3 Å². The zero-order chi connectivity index (χ0) is 12.8. The van der Waals surface area contributed by atoms with Gasteiger partial charge >= 0.3 is 0 Å². The second kappa shape index (κ2) is 7.46. The van der Waals surface area contributed by atoms with Crippen LogP contribution in [0.2, 0.25) is 0 Å². The third kappa shape index (κ3) is 4.52. The van der Waals surface area contributed by atoms with Gasteiger partial charge in [0.15, 0.2) is 4.34 Å². The van der Waals surface area contributed by atoms with Crippen LogP contribution in [-0.2, 0) is 6.42 Å². The second-order valence-electron chi connectivity index (χ2n) is 5.10. The summed E-state index contributed by atoms with van der Waals surface area (Å²) in [6.07, 6.45) is 6.45. The number of thioether (sulfide) groups is 1. The average molecular weight is 285 g/mol. The Balaban J connectivity index is 1.60. The molecule has 102 valence electrons. The first-order valence-electron chi connectivity index (χ1n) is 6.96. The Labute approximate surface area is 118 Å². The van der Waals surface area contributed by atoms with E-state index >= 15 is 0 Å². The van der Waals surface area contributed by atoms with Gasteiger partial charge in [0.25, 0.3) is 0 Å². The fourth-order valence-corrected chi connectivity index (χ4v) is 4.10. The monoisotopic (exact) mass is 285 g/mol. The largest absolute Gasteiger partial charge is 0.313 e. The topological polar surface area (TPSA) is 37.8 Å². The van der Waals surface area contributed by atoms with Crippen LogP contribution in [0.5, 0.6) is 0 Å². The molecular formula is C13H23N3S2. The Morgan fingerprint density at radius 2 is 2.33 bits per heavy atom. The maximum atomic E-state index is 4.47. The highest BCUT2D eigenvalue weighted by Gasteiger charge is 2.17. The fourth-order valence-electron chi connectivity index (χ4n) is 2.46. The van der Waals surface area contributed by atoms with Crippen molar-refractivity contribution in [3.63, 3.8) is 0 Å². The Hall–Kier alpha value is -0.130. The van der Waals surface area contributed by atoms with Crippen LogP contribution in [0.1, 0.15) is 45.4 Å². The summed E-state index contributed by atoms with van der Waals surface area (Å²) in [4.78, 5) is 4.47. The molecule has 0 aliphatic heterocycles. The number of aryl methyl sites for hydroxylation is 1. The maximum absolute atomic E-state index is 4.47. The molecule has 0 amide bonds. The van der Waals surface area contributed by atoms with Crippen LogP contribution in [0, 0.1) is 5.92 Å². The lowest BCUT2D eigenvalue weighted by Crippen LogP contribution is -2.34. The van der Waals surface area contributed by atoms with Crippen LogP contribution in [0.4, 0.5) is 0 Å². The molecule has 1 N–H and O–H groups in total. The SMILES string of the molecule is CCc1nsc(SCCNC2CCCC(C)C2)n1. The Bertz CT molecular complexity index is 354. The zero-order valence-corrected chi connectivity index (χ0v) is 12.9. The van der Waals surface area contributed by atoms with Crippen LogP contribution < -0.4 is 5.32 Å². The molecule has 2 rings (SSSR count). The first-order valence-corrected chi connectivity index (χ1v) is 8.72. The summed E-state index contributed by atoms with van der Waals surface area (Å²) in [6.45, 7) is 5.56. The molecule has 3 nitrogen and oxygen atoms in total. The quantitative estimate of drug-likeness (QED) is 0.642. The van der Waals surface area contributed by atoms with Crippen molar-refractivity contribution in [1.82, 2.24) is 14.7 Å². The lowest BCUT2D eigenvalue weighted by molar-refractivity contribution is 0.306. The first-order chi connectivity index (χ1) is 8.78. The molecule has 0 radical (unpaired) electrons. The van der Waals surface area contributed by atoms with Gasteiger partial charge in [-0.1, -0.05) is 38.5 Å². The molecule has 18 heavy (non-hydrogen) atoms. The van der Waals surface area contributed by atoms with E-state index in [0.29, 0.717) is 0 Å². The lowest BCUT2D eigenvalue weighted by Gasteiger charge is -2.27. The smallest absolute Gasteiger partial charge is 0.170 e. The van der Waals surface area contributed by atoms with E-state index in [-0.39, 0.29) is 0 Å². The van der Waals surface area contributed by atoms with Crippen LogP contribution >= 0.6 is 23.3 Å². The van der Waals surface area contributed by atoms with Crippen molar-refractivity contribution in [3.8, 4) is 0 Å². The normalized spacial score (nSPS) is 24.3. The van der Waals surface area contributed by atoms with Gasteiger partial charge in [-0.2, -0.15) is 4.37 Å². The summed E-state index contributed by atoms with van der Waals surface area (Å²) in [7, 11) is 0. The van der Waals surface area contributed by atoms with Gasteiger partial charge in [0.2, 0.25) is 0 Å². The van der Waals surface area contributed by atoms with Crippen molar-refractivity contribution < 1.29 is 0 Å². The number of hydrogen-bond acceptors (Lipinski definition) is 5. The van der Waals surface area contributed by atoms with Crippen molar-refractivity contribution in [2.45, 2.75) is 56.3 Å². The molecular weight excluding hydrogens is 262 g/mol. The molecule has 0 aromatic carbocycles. The van der Waals surface area contributed by atoms with Gasteiger partial charge in [-0.15, -0.1) is 0 Å². The van der Waals surface area contributed by atoms with Crippen molar-refractivity contribution in [2.75, 3.05) is 12.3 Å². The summed E-state index contributed by atoms with van der Waals surface area (Å²) in [5.41, 5.74) is 0. The van der Waals surface area contributed by atoms with Gasteiger partial charge in [-0.3, -0.25) is 0 Å². The zero-order valence-electron chi connectivity index (χ0n) is 11.3. The Morgan fingerprint density at radius 3 is 3.06 bits per heavy atom. The predicted molar refractivity (Wildman–Crippen MR) is 79.4 cm³/mol. The molecule has 2 atom stereocenters. The van der Waals surface area contributed by atoms with Gasteiger partial charge in [-0.05, 0) is 30.3 Å². The molecule has 1 fully saturated rings. The van der Waals surface area contributed by atoms with Gasteiger partial charge < -0.3 is 5.32 Å².